The van der Waals surface area contributed by atoms with E-state index in [4.69, 9.17) is 9.47 Å². The summed E-state index contributed by atoms with van der Waals surface area (Å²) in [7, 11) is 1.60. The van der Waals surface area contributed by atoms with Crippen molar-refractivity contribution < 1.29 is 19.4 Å². The van der Waals surface area contributed by atoms with Crippen LogP contribution in [0.2, 0.25) is 0 Å². The Kier molecular flexibility index (Phi) is 6.99. The largest absolute Gasteiger partial charge is 0.497 e. The number of aryl methyl sites for hydroxylation is 1. The second kappa shape index (κ2) is 10.4. The Balaban J connectivity index is 1.34. The Morgan fingerprint density at radius 1 is 1.05 bits per heavy atom. The minimum Gasteiger partial charge on any atom is -0.497 e. The summed E-state index contributed by atoms with van der Waals surface area (Å²) in [6.45, 7) is 5.91. The maximum atomic E-state index is 12.4. The van der Waals surface area contributed by atoms with Crippen molar-refractivity contribution in [2.75, 3.05) is 17.3 Å². The number of ether oxygens (including phenoxy) is 2. The molecule has 9 heteroatoms. The number of benzene rings is 2. The molecule has 1 aromatic heterocycles. The van der Waals surface area contributed by atoms with E-state index in [1.807, 2.05) is 49.9 Å². The highest BCUT2D eigenvalue weighted by atomic mass is 16.5. The molecule has 0 amide bonds. The fourth-order valence-electron chi connectivity index (χ4n) is 5.34. The highest BCUT2D eigenvalue weighted by Gasteiger charge is 2.36. The molecule has 0 radical (unpaired) electrons. The molecule has 0 spiro atoms. The molecule has 202 valence electrons. The number of carboxylic acid groups (broad SMARTS) is 1. The molecule has 0 bridgehead atoms. The second-order valence-electron chi connectivity index (χ2n) is 10.2. The topological polar surface area (TPSA) is 118 Å². The summed E-state index contributed by atoms with van der Waals surface area (Å²) in [5.74, 6) is 0.572. The van der Waals surface area contributed by atoms with Crippen LogP contribution in [0, 0.1) is 6.92 Å². The zero-order chi connectivity index (χ0) is 27.8. The average Bonchev–Trinajstić information content (AvgIpc) is 3.25. The Hall–Kier alpha value is -4.40. The van der Waals surface area contributed by atoms with Gasteiger partial charge >= 0.3 is 5.97 Å². The fraction of sp³-hybridized carbons (Fsp3) is 0.333. The average molecular weight is 530 g/mol. The Bertz CT molecular complexity index is 1600. The van der Waals surface area contributed by atoms with Gasteiger partial charge in [0.1, 0.15) is 28.9 Å². The summed E-state index contributed by atoms with van der Waals surface area (Å²) in [4.78, 5) is 43.4. The quantitative estimate of drug-likeness (QED) is 0.304. The monoisotopic (exact) mass is 529 g/mol. The van der Waals surface area contributed by atoms with Gasteiger partial charge in [0.15, 0.2) is 0 Å². The molecule has 3 aromatic carbocycles. The first kappa shape index (κ1) is 26.2. The van der Waals surface area contributed by atoms with Crippen molar-refractivity contribution in [2.45, 2.75) is 58.2 Å². The molecule has 0 saturated carbocycles. The van der Waals surface area contributed by atoms with E-state index in [2.05, 4.69) is 10.3 Å². The number of hydrogen-bond donors (Lipinski definition) is 2. The molecule has 1 saturated heterocycles. The predicted molar refractivity (Wildman–Crippen MR) is 150 cm³/mol. The maximum absolute atomic E-state index is 12.4. The van der Waals surface area contributed by atoms with E-state index in [0.717, 1.165) is 34.9 Å². The van der Waals surface area contributed by atoms with Crippen LogP contribution in [0.4, 0.5) is 11.4 Å². The van der Waals surface area contributed by atoms with Crippen LogP contribution < -0.4 is 30.5 Å². The summed E-state index contributed by atoms with van der Waals surface area (Å²) < 4.78 is 11.4. The van der Waals surface area contributed by atoms with Gasteiger partial charge < -0.3 is 24.8 Å². The van der Waals surface area contributed by atoms with Crippen LogP contribution in [0.1, 0.15) is 37.9 Å². The highest BCUT2D eigenvalue weighted by molar-refractivity contribution is 5.89. The van der Waals surface area contributed by atoms with Crippen molar-refractivity contribution in [3.05, 3.63) is 80.2 Å². The molecule has 3 unspecified atom stereocenters. The Labute approximate surface area is 225 Å². The lowest BCUT2D eigenvalue weighted by atomic mass is 10.0. The first-order chi connectivity index (χ1) is 18.7. The fourth-order valence-corrected chi connectivity index (χ4v) is 5.34. The lowest BCUT2D eigenvalue weighted by molar-refractivity contribution is -0.137. The zero-order valence-corrected chi connectivity index (χ0v) is 22.4. The normalized spacial score (nSPS) is 17.9. The van der Waals surface area contributed by atoms with Crippen molar-refractivity contribution in [3.8, 4) is 17.4 Å². The van der Waals surface area contributed by atoms with Crippen LogP contribution in [0.25, 0.3) is 10.8 Å². The van der Waals surface area contributed by atoms with Gasteiger partial charge in [0.2, 0.25) is 5.88 Å². The zero-order valence-electron chi connectivity index (χ0n) is 22.4. The number of rotatable bonds is 9. The van der Waals surface area contributed by atoms with E-state index in [-0.39, 0.29) is 24.2 Å². The van der Waals surface area contributed by atoms with Gasteiger partial charge in [-0.15, -0.1) is 0 Å². The van der Waals surface area contributed by atoms with Crippen LogP contribution >= 0.6 is 0 Å². The summed E-state index contributed by atoms with van der Waals surface area (Å²) in [5.41, 5.74) is 0.724. The third-order valence-corrected chi connectivity index (χ3v) is 7.42. The summed E-state index contributed by atoms with van der Waals surface area (Å²) in [6, 6.07) is 13.9. The van der Waals surface area contributed by atoms with Gasteiger partial charge in [-0.2, -0.15) is 0 Å². The third-order valence-electron chi connectivity index (χ3n) is 7.42. The second-order valence-corrected chi connectivity index (χ2v) is 10.2. The lowest BCUT2D eigenvalue weighted by Gasteiger charge is -2.32. The molecule has 9 nitrogen and oxygen atoms in total. The number of carboxylic acids is 1. The molecule has 2 heterocycles. The van der Waals surface area contributed by atoms with Gasteiger partial charge in [-0.25, -0.2) is 9.78 Å². The van der Waals surface area contributed by atoms with Gasteiger partial charge in [0.05, 0.1) is 7.11 Å². The number of fused-ring (bicyclic) bond motifs is 1. The molecule has 1 fully saturated rings. The standard InChI is InChI=1S/C30H31N3O6/c1-16-13-20-9-12-22(38-4)15-23(20)29(31-16)39-21-10-7-19(8-11-21)14-24(30(36)37)32-25-26(28(35)27(25)34)33-17(2)5-6-18(33)3/h7-13,15,17-18,24,32H,5-6,14H2,1-4H3,(H,36,37). The number of nitrogens with zero attached hydrogens (tertiary/aromatic N) is 2. The third kappa shape index (κ3) is 5.04. The van der Waals surface area contributed by atoms with E-state index < -0.39 is 22.9 Å². The van der Waals surface area contributed by atoms with Crippen molar-refractivity contribution in [1.82, 2.24) is 4.98 Å². The molecule has 5 rings (SSSR count). The first-order valence-electron chi connectivity index (χ1n) is 13.0. The summed E-state index contributed by atoms with van der Waals surface area (Å²) in [6.07, 6.45) is 1.94. The molecule has 0 aliphatic carbocycles. The predicted octanol–water partition coefficient (Wildman–Crippen LogP) is 4.43. The minimum absolute atomic E-state index is 0.0979. The Morgan fingerprint density at radius 3 is 2.36 bits per heavy atom. The van der Waals surface area contributed by atoms with Crippen LogP contribution in [-0.4, -0.2) is 41.3 Å². The van der Waals surface area contributed by atoms with Gasteiger partial charge in [-0.05, 0) is 74.9 Å². The number of hydrogen-bond acceptors (Lipinski definition) is 8. The molecular weight excluding hydrogens is 498 g/mol. The van der Waals surface area contributed by atoms with Gasteiger partial charge in [-0.3, -0.25) is 9.59 Å². The van der Waals surface area contributed by atoms with E-state index in [9.17, 15) is 19.5 Å². The number of methoxy groups -OCH3 is 1. The van der Waals surface area contributed by atoms with E-state index in [1.165, 1.54) is 0 Å². The van der Waals surface area contributed by atoms with Crippen molar-refractivity contribution in [1.29, 1.82) is 0 Å². The summed E-state index contributed by atoms with van der Waals surface area (Å²) >= 11 is 0. The highest BCUT2D eigenvalue weighted by Crippen LogP contribution is 2.34. The molecule has 4 aromatic rings. The van der Waals surface area contributed by atoms with Crippen LogP contribution in [-0.2, 0) is 11.2 Å². The maximum Gasteiger partial charge on any atom is 0.326 e. The van der Waals surface area contributed by atoms with Crippen LogP contribution in [0.3, 0.4) is 0 Å². The molecule has 2 N–H and O–H groups in total. The van der Waals surface area contributed by atoms with E-state index >= 15 is 0 Å². The number of aliphatic carboxylic acids is 1. The van der Waals surface area contributed by atoms with E-state index in [1.54, 1.807) is 31.4 Å². The number of anilines is 2. The number of carbonyl (C=O) groups is 1. The lowest BCUT2D eigenvalue weighted by Crippen LogP contribution is -2.48. The summed E-state index contributed by atoms with van der Waals surface area (Å²) in [5, 5.41) is 14.5. The number of aromatic nitrogens is 1. The van der Waals surface area contributed by atoms with Crippen molar-refractivity contribution >= 4 is 28.1 Å². The molecule has 1 aliphatic rings. The van der Waals surface area contributed by atoms with Crippen molar-refractivity contribution in [3.63, 3.8) is 0 Å². The van der Waals surface area contributed by atoms with Crippen LogP contribution in [0.15, 0.2) is 58.1 Å². The van der Waals surface area contributed by atoms with Gasteiger partial charge in [0.25, 0.3) is 10.9 Å². The molecular formula is C30H31N3O6. The number of nitrogens with one attached hydrogen (secondary N) is 1. The number of pyridine rings is 1. The molecule has 39 heavy (non-hydrogen) atoms. The van der Waals surface area contributed by atoms with Gasteiger partial charge in [0, 0.05) is 29.6 Å². The Morgan fingerprint density at radius 2 is 1.72 bits per heavy atom. The van der Waals surface area contributed by atoms with Crippen molar-refractivity contribution in [2.24, 2.45) is 0 Å². The van der Waals surface area contributed by atoms with Gasteiger partial charge in [-0.1, -0.05) is 18.2 Å². The SMILES string of the molecule is COc1ccc2cc(C)nc(Oc3ccc(CC(Nc4c(N5C(C)CCC5C)c(=O)c4=O)C(=O)O)cc3)c2c1. The molecule has 3 atom stereocenters. The minimum atomic E-state index is -1.11. The molecule has 1 aliphatic heterocycles. The van der Waals surface area contributed by atoms with Crippen LogP contribution in [0.5, 0.6) is 17.4 Å². The smallest absolute Gasteiger partial charge is 0.326 e. The van der Waals surface area contributed by atoms with E-state index in [0.29, 0.717) is 23.1 Å². The first-order valence-corrected chi connectivity index (χ1v) is 13.0.